The van der Waals surface area contributed by atoms with Gasteiger partial charge in [-0.05, 0) is 32.7 Å². The molecule has 0 amide bonds. The van der Waals surface area contributed by atoms with Crippen LogP contribution in [0.1, 0.15) is 55.0 Å². The number of hydrogen-bond acceptors (Lipinski definition) is 4. The third kappa shape index (κ3) is 2.24. The number of aryl methyl sites for hydroxylation is 1. The molecule has 3 heterocycles. The van der Waals surface area contributed by atoms with Crippen molar-refractivity contribution >= 4 is 0 Å². The molecule has 94 valence electrons. The van der Waals surface area contributed by atoms with E-state index < -0.39 is 0 Å². The van der Waals surface area contributed by atoms with Crippen molar-refractivity contribution in [3.8, 4) is 0 Å². The van der Waals surface area contributed by atoms with Crippen LogP contribution in [-0.2, 0) is 4.74 Å². The number of hydrogen-bond donors (Lipinski definition) is 1. The molecule has 1 aromatic rings. The molecule has 2 atom stereocenters. The molecule has 2 aliphatic rings. The maximum absolute atomic E-state index is 5.84. The summed E-state index contributed by atoms with van der Waals surface area (Å²) >= 11 is 0. The van der Waals surface area contributed by atoms with Gasteiger partial charge in [-0.2, -0.15) is 0 Å². The van der Waals surface area contributed by atoms with Crippen LogP contribution >= 0.6 is 0 Å². The molecule has 0 spiro atoms. The summed E-state index contributed by atoms with van der Waals surface area (Å²) in [6, 6.07) is 0.318. The normalized spacial score (nSPS) is 29.7. The van der Waals surface area contributed by atoms with Crippen molar-refractivity contribution < 1.29 is 9.15 Å². The maximum Gasteiger partial charge on any atom is 0.211 e. The lowest BCUT2D eigenvalue weighted by Crippen LogP contribution is -2.27. The quantitative estimate of drug-likeness (QED) is 0.856. The molecule has 2 unspecified atom stereocenters. The van der Waals surface area contributed by atoms with Crippen LogP contribution in [0, 0.1) is 6.92 Å². The molecule has 1 aromatic heterocycles. The van der Waals surface area contributed by atoms with E-state index in [1.165, 1.54) is 12.8 Å². The van der Waals surface area contributed by atoms with Crippen molar-refractivity contribution in [1.82, 2.24) is 10.3 Å². The fourth-order valence-electron chi connectivity index (χ4n) is 2.77. The zero-order valence-electron chi connectivity index (χ0n) is 10.4. The van der Waals surface area contributed by atoms with Gasteiger partial charge in [0.25, 0.3) is 0 Å². The monoisotopic (exact) mass is 236 g/mol. The van der Waals surface area contributed by atoms with Gasteiger partial charge in [0, 0.05) is 12.5 Å². The van der Waals surface area contributed by atoms with E-state index in [1.807, 2.05) is 6.92 Å². The minimum absolute atomic E-state index is 0.318. The molecule has 3 rings (SSSR count). The van der Waals surface area contributed by atoms with Crippen LogP contribution in [0.4, 0.5) is 0 Å². The van der Waals surface area contributed by atoms with Crippen LogP contribution in [0.3, 0.4) is 0 Å². The number of piperidine rings is 1. The summed E-state index contributed by atoms with van der Waals surface area (Å²) in [5.74, 6) is 2.29. The van der Waals surface area contributed by atoms with Gasteiger partial charge >= 0.3 is 0 Å². The van der Waals surface area contributed by atoms with Gasteiger partial charge in [0.05, 0.1) is 18.3 Å². The van der Waals surface area contributed by atoms with Gasteiger partial charge < -0.3 is 14.5 Å². The summed E-state index contributed by atoms with van der Waals surface area (Å²) in [7, 11) is 0. The highest BCUT2D eigenvalue weighted by Crippen LogP contribution is 2.30. The van der Waals surface area contributed by atoms with E-state index in [2.05, 4.69) is 5.32 Å². The topological polar surface area (TPSA) is 47.3 Å². The highest BCUT2D eigenvalue weighted by Gasteiger charge is 2.27. The Morgan fingerprint density at radius 1 is 1.29 bits per heavy atom. The Kier molecular flexibility index (Phi) is 3.16. The fourth-order valence-corrected chi connectivity index (χ4v) is 2.77. The fraction of sp³-hybridized carbons (Fsp3) is 0.769. The third-order valence-corrected chi connectivity index (χ3v) is 3.77. The Labute approximate surface area is 102 Å². The highest BCUT2D eigenvalue weighted by atomic mass is 16.5. The number of nitrogens with one attached hydrogen (secondary N) is 1. The molecule has 17 heavy (non-hydrogen) atoms. The van der Waals surface area contributed by atoms with Gasteiger partial charge in [0.15, 0.2) is 0 Å². The van der Waals surface area contributed by atoms with Crippen molar-refractivity contribution in [2.24, 2.45) is 0 Å². The van der Waals surface area contributed by atoms with E-state index in [-0.39, 0.29) is 0 Å². The lowest BCUT2D eigenvalue weighted by atomic mass is 10.0. The summed E-state index contributed by atoms with van der Waals surface area (Å²) in [6.07, 6.45) is 4.74. The highest BCUT2D eigenvalue weighted by molar-refractivity contribution is 5.16. The number of ether oxygens (including phenoxy) is 1. The molecule has 4 nitrogen and oxygen atoms in total. The maximum atomic E-state index is 5.84. The lowest BCUT2D eigenvalue weighted by Gasteiger charge is -2.20. The summed E-state index contributed by atoms with van der Waals surface area (Å²) in [4.78, 5) is 4.71. The van der Waals surface area contributed by atoms with Crippen LogP contribution in [0.5, 0.6) is 0 Å². The van der Waals surface area contributed by atoms with Crippen LogP contribution in [-0.4, -0.2) is 24.7 Å². The van der Waals surface area contributed by atoms with Crippen molar-refractivity contribution in [2.45, 2.75) is 44.6 Å². The second kappa shape index (κ2) is 4.78. The smallest absolute Gasteiger partial charge is 0.211 e. The van der Waals surface area contributed by atoms with Crippen molar-refractivity contribution in [3.05, 3.63) is 17.3 Å². The molecule has 4 heteroatoms. The Balaban J connectivity index is 1.79. The van der Waals surface area contributed by atoms with Gasteiger partial charge in [-0.15, -0.1) is 0 Å². The number of aromatic nitrogens is 1. The molecule has 2 saturated heterocycles. The molecule has 0 bridgehead atoms. The van der Waals surface area contributed by atoms with Crippen molar-refractivity contribution in [1.29, 1.82) is 0 Å². The zero-order chi connectivity index (χ0) is 11.7. The van der Waals surface area contributed by atoms with Crippen molar-refractivity contribution in [2.75, 3.05) is 19.8 Å². The zero-order valence-corrected chi connectivity index (χ0v) is 10.4. The molecular formula is C13H20N2O2. The van der Waals surface area contributed by atoms with E-state index >= 15 is 0 Å². The Morgan fingerprint density at radius 3 is 2.94 bits per heavy atom. The van der Waals surface area contributed by atoms with Crippen LogP contribution in [0.15, 0.2) is 4.42 Å². The number of oxazole rings is 1. The minimum atomic E-state index is 0.318. The first kappa shape index (κ1) is 11.2. The predicted molar refractivity (Wildman–Crippen MR) is 64.0 cm³/mol. The van der Waals surface area contributed by atoms with Gasteiger partial charge in [0.1, 0.15) is 5.76 Å². The van der Waals surface area contributed by atoms with E-state index in [9.17, 15) is 0 Å². The average Bonchev–Trinajstić information content (AvgIpc) is 2.99. The van der Waals surface area contributed by atoms with Crippen molar-refractivity contribution in [3.63, 3.8) is 0 Å². The first-order valence-electron chi connectivity index (χ1n) is 6.63. The molecule has 0 saturated carbocycles. The van der Waals surface area contributed by atoms with Gasteiger partial charge in [-0.25, -0.2) is 4.98 Å². The molecule has 2 fully saturated rings. The van der Waals surface area contributed by atoms with E-state index in [0.29, 0.717) is 12.0 Å². The first-order valence-corrected chi connectivity index (χ1v) is 6.63. The summed E-state index contributed by atoms with van der Waals surface area (Å²) < 4.78 is 11.3. The summed E-state index contributed by atoms with van der Waals surface area (Å²) in [6.45, 7) is 4.75. The second-order valence-electron chi connectivity index (χ2n) is 5.06. The van der Waals surface area contributed by atoms with E-state index in [0.717, 1.165) is 49.9 Å². The standard InChI is InChI=1S/C13H20N2O2/c1-9-12(10-5-7-16-8-10)15-13(17-9)11-4-2-3-6-14-11/h10-11,14H,2-8H2,1H3. The minimum Gasteiger partial charge on any atom is -0.444 e. The molecular weight excluding hydrogens is 216 g/mol. The largest absolute Gasteiger partial charge is 0.444 e. The Morgan fingerprint density at radius 2 is 2.24 bits per heavy atom. The SMILES string of the molecule is Cc1oc(C2CCCCN2)nc1C1CCOC1. The van der Waals surface area contributed by atoms with Gasteiger partial charge in [-0.3, -0.25) is 0 Å². The van der Waals surface area contributed by atoms with Gasteiger partial charge in [-0.1, -0.05) is 6.42 Å². The number of nitrogens with zero attached hydrogens (tertiary/aromatic N) is 1. The molecule has 1 N–H and O–H groups in total. The number of rotatable bonds is 2. The second-order valence-corrected chi connectivity index (χ2v) is 5.06. The molecule has 0 aromatic carbocycles. The van der Waals surface area contributed by atoms with E-state index in [1.54, 1.807) is 0 Å². The van der Waals surface area contributed by atoms with E-state index in [4.69, 9.17) is 14.1 Å². The molecule has 2 aliphatic heterocycles. The van der Waals surface area contributed by atoms with Crippen LogP contribution in [0.2, 0.25) is 0 Å². The Hall–Kier alpha value is -0.870. The Bertz CT molecular complexity index is 377. The summed E-state index contributed by atoms with van der Waals surface area (Å²) in [5.41, 5.74) is 1.12. The third-order valence-electron chi connectivity index (χ3n) is 3.77. The first-order chi connectivity index (χ1) is 8.34. The predicted octanol–water partition coefficient (Wildman–Crippen LogP) is 2.30. The van der Waals surface area contributed by atoms with Crippen LogP contribution < -0.4 is 5.32 Å². The molecule has 0 radical (unpaired) electrons. The van der Waals surface area contributed by atoms with Gasteiger partial charge in [0.2, 0.25) is 5.89 Å². The average molecular weight is 236 g/mol. The summed E-state index contributed by atoms with van der Waals surface area (Å²) in [5, 5.41) is 3.48. The van der Waals surface area contributed by atoms with Crippen LogP contribution in [0.25, 0.3) is 0 Å². The lowest BCUT2D eigenvalue weighted by molar-refractivity contribution is 0.193. The molecule has 0 aliphatic carbocycles.